The van der Waals surface area contributed by atoms with Crippen molar-refractivity contribution in [1.82, 2.24) is 4.90 Å². The Morgan fingerprint density at radius 2 is 2.09 bits per heavy atom. The van der Waals surface area contributed by atoms with Gasteiger partial charge in [0.05, 0.1) is 20.3 Å². The first-order chi connectivity index (χ1) is 10.5. The van der Waals surface area contributed by atoms with Gasteiger partial charge in [0.2, 0.25) is 5.91 Å². The summed E-state index contributed by atoms with van der Waals surface area (Å²) in [5.41, 5.74) is 1.05. The van der Waals surface area contributed by atoms with Crippen LogP contribution in [0.4, 0.5) is 0 Å². The number of rotatable bonds is 5. The second-order valence-electron chi connectivity index (χ2n) is 5.42. The van der Waals surface area contributed by atoms with E-state index in [1.54, 1.807) is 12.0 Å². The Balaban J connectivity index is 1.93. The first-order valence-corrected chi connectivity index (χ1v) is 7.27. The standard InChI is InChI=1S/C16H21NO5/c1-11(12-3-5-13(21-2)6-4-12)9-15(18)17-7-8-22-14(10-17)16(19)20/h3-6,11,14H,7-10H2,1-2H3,(H,19,20)/t11-,14+/m1/s1. The van der Waals surface area contributed by atoms with Crippen LogP contribution in [0.15, 0.2) is 24.3 Å². The predicted octanol–water partition coefficient (Wildman–Crippen LogP) is 1.50. The molecule has 1 aromatic carbocycles. The highest BCUT2D eigenvalue weighted by molar-refractivity contribution is 5.79. The lowest BCUT2D eigenvalue weighted by Crippen LogP contribution is -2.48. The van der Waals surface area contributed by atoms with Crippen LogP contribution in [0.5, 0.6) is 5.75 Å². The van der Waals surface area contributed by atoms with Gasteiger partial charge >= 0.3 is 5.97 Å². The summed E-state index contributed by atoms with van der Waals surface area (Å²) in [5, 5.41) is 8.97. The molecule has 1 aliphatic rings. The van der Waals surface area contributed by atoms with Gasteiger partial charge in [0.1, 0.15) is 5.75 Å². The van der Waals surface area contributed by atoms with E-state index in [1.165, 1.54) is 0 Å². The van der Waals surface area contributed by atoms with Gasteiger partial charge in [-0.1, -0.05) is 19.1 Å². The number of carbonyl (C=O) groups excluding carboxylic acids is 1. The number of hydrogen-bond donors (Lipinski definition) is 1. The SMILES string of the molecule is COc1ccc([C@H](C)CC(=O)N2CCO[C@H](C(=O)O)C2)cc1. The second-order valence-corrected chi connectivity index (χ2v) is 5.42. The predicted molar refractivity (Wildman–Crippen MR) is 80.0 cm³/mol. The summed E-state index contributed by atoms with van der Waals surface area (Å²) in [6, 6.07) is 7.61. The highest BCUT2D eigenvalue weighted by Crippen LogP contribution is 2.23. The average Bonchev–Trinajstić information content (AvgIpc) is 2.54. The molecule has 1 saturated heterocycles. The summed E-state index contributed by atoms with van der Waals surface area (Å²) in [6.07, 6.45) is -0.576. The summed E-state index contributed by atoms with van der Waals surface area (Å²) in [5.74, 6) is -0.233. The molecule has 0 bridgehead atoms. The number of benzene rings is 1. The van der Waals surface area contributed by atoms with Gasteiger partial charge in [0, 0.05) is 13.0 Å². The lowest BCUT2D eigenvalue weighted by atomic mass is 9.97. The third kappa shape index (κ3) is 3.98. The van der Waals surface area contributed by atoms with Crippen LogP contribution in [0, 0.1) is 0 Å². The van der Waals surface area contributed by atoms with E-state index in [0.29, 0.717) is 13.0 Å². The first kappa shape index (κ1) is 16.3. The van der Waals surface area contributed by atoms with Gasteiger partial charge in [-0.15, -0.1) is 0 Å². The van der Waals surface area contributed by atoms with Crippen LogP contribution in [-0.4, -0.2) is 54.8 Å². The van der Waals surface area contributed by atoms with Crippen LogP contribution in [-0.2, 0) is 14.3 Å². The van der Waals surface area contributed by atoms with Crippen LogP contribution in [0.25, 0.3) is 0 Å². The van der Waals surface area contributed by atoms with Crippen molar-refractivity contribution in [3.05, 3.63) is 29.8 Å². The maximum Gasteiger partial charge on any atom is 0.334 e. The zero-order valence-corrected chi connectivity index (χ0v) is 12.8. The van der Waals surface area contributed by atoms with E-state index in [4.69, 9.17) is 14.6 Å². The molecule has 1 aromatic rings. The summed E-state index contributed by atoms with van der Waals surface area (Å²) in [4.78, 5) is 24.8. The number of carboxylic acid groups (broad SMARTS) is 1. The van der Waals surface area contributed by atoms with Crippen molar-refractivity contribution in [2.45, 2.75) is 25.4 Å². The monoisotopic (exact) mass is 307 g/mol. The Bertz CT molecular complexity index is 528. The molecule has 6 nitrogen and oxygen atoms in total. The van der Waals surface area contributed by atoms with Crippen molar-refractivity contribution in [1.29, 1.82) is 0 Å². The molecular formula is C16H21NO5. The number of carbonyl (C=O) groups is 2. The molecule has 1 N–H and O–H groups in total. The number of aliphatic carboxylic acids is 1. The fraction of sp³-hybridized carbons (Fsp3) is 0.500. The lowest BCUT2D eigenvalue weighted by Gasteiger charge is -2.31. The lowest BCUT2D eigenvalue weighted by molar-refractivity contribution is -0.159. The van der Waals surface area contributed by atoms with E-state index in [-0.39, 0.29) is 25.0 Å². The minimum atomic E-state index is -1.03. The average molecular weight is 307 g/mol. The van der Waals surface area contributed by atoms with Gasteiger partial charge in [-0.2, -0.15) is 0 Å². The molecule has 6 heteroatoms. The Morgan fingerprint density at radius 3 is 2.68 bits per heavy atom. The molecule has 1 amide bonds. The van der Waals surface area contributed by atoms with Crippen molar-refractivity contribution < 1.29 is 24.2 Å². The largest absolute Gasteiger partial charge is 0.497 e. The molecule has 1 heterocycles. The molecule has 0 spiro atoms. The highest BCUT2D eigenvalue weighted by Gasteiger charge is 2.29. The third-order valence-corrected chi connectivity index (χ3v) is 3.86. The smallest absolute Gasteiger partial charge is 0.334 e. The zero-order chi connectivity index (χ0) is 16.1. The molecule has 2 rings (SSSR count). The van der Waals surface area contributed by atoms with Crippen molar-refractivity contribution in [3.8, 4) is 5.75 Å². The Hall–Kier alpha value is -2.08. The summed E-state index contributed by atoms with van der Waals surface area (Å²) < 4.78 is 10.2. The topological polar surface area (TPSA) is 76.1 Å². The molecule has 120 valence electrons. The van der Waals surface area contributed by atoms with Gasteiger partial charge in [0.25, 0.3) is 0 Å². The van der Waals surface area contributed by atoms with Gasteiger partial charge in [0.15, 0.2) is 6.10 Å². The summed E-state index contributed by atoms with van der Waals surface area (Å²) in [7, 11) is 1.61. The van der Waals surface area contributed by atoms with E-state index < -0.39 is 12.1 Å². The fourth-order valence-electron chi connectivity index (χ4n) is 2.47. The van der Waals surface area contributed by atoms with E-state index in [2.05, 4.69) is 0 Å². The number of amides is 1. The summed E-state index contributed by atoms with van der Waals surface area (Å²) >= 11 is 0. The third-order valence-electron chi connectivity index (χ3n) is 3.86. The molecule has 22 heavy (non-hydrogen) atoms. The number of ether oxygens (including phenoxy) is 2. The van der Waals surface area contributed by atoms with Crippen molar-refractivity contribution in [3.63, 3.8) is 0 Å². The minimum Gasteiger partial charge on any atom is -0.497 e. The number of morpholine rings is 1. The van der Waals surface area contributed by atoms with E-state index in [1.807, 2.05) is 31.2 Å². The minimum absolute atomic E-state index is 0.0436. The Morgan fingerprint density at radius 1 is 1.41 bits per heavy atom. The molecule has 1 fully saturated rings. The fourth-order valence-corrected chi connectivity index (χ4v) is 2.47. The molecule has 0 saturated carbocycles. The molecule has 0 aliphatic carbocycles. The Kier molecular flexibility index (Phi) is 5.38. The number of hydrogen-bond acceptors (Lipinski definition) is 4. The van der Waals surface area contributed by atoms with Crippen LogP contribution < -0.4 is 4.74 Å². The van der Waals surface area contributed by atoms with Gasteiger partial charge < -0.3 is 19.5 Å². The molecular weight excluding hydrogens is 286 g/mol. The Labute approximate surface area is 129 Å². The van der Waals surface area contributed by atoms with Crippen LogP contribution in [0.3, 0.4) is 0 Å². The van der Waals surface area contributed by atoms with Gasteiger partial charge in [-0.25, -0.2) is 4.79 Å². The first-order valence-electron chi connectivity index (χ1n) is 7.27. The second kappa shape index (κ2) is 7.26. The van der Waals surface area contributed by atoms with Crippen molar-refractivity contribution in [2.75, 3.05) is 26.8 Å². The zero-order valence-electron chi connectivity index (χ0n) is 12.8. The van der Waals surface area contributed by atoms with Crippen LogP contribution in [0.2, 0.25) is 0 Å². The van der Waals surface area contributed by atoms with Gasteiger partial charge in [-0.3, -0.25) is 4.79 Å². The van der Waals surface area contributed by atoms with E-state index in [9.17, 15) is 9.59 Å². The maximum atomic E-state index is 12.3. The van der Waals surface area contributed by atoms with Crippen LogP contribution >= 0.6 is 0 Å². The number of carboxylic acids is 1. The number of methoxy groups -OCH3 is 1. The number of nitrogens with zero attached hydrogens (tertiary/aromatic N) is 1. The van der Waals surface area contributed by atoms with Crippen molar-refractivity contribution in [2.24, 2.45) is 0 Å². The molecule has 0 unspecified atom stereocenters. The van der Waals surface area contributed by atoms with Crippen LogP contribution in [0.1, 0.15) is 24.8 Å². The molecule has 2 atom stereocenters. The summed E-state index contributed by atoms with van der Waals surface area (Å²) in [6.45, 7) is 2.80. The van der Waals surface area contributed by atoms with Crippen molar-refractivity contribution >= 4 is 11.9 Å². The van der Waals surface area contributed by atoms with E-state index >= 15 is 0 Å². The highest BCUT2D eigenvalue weighted by atomic mass is 16.5. The maximum absolute atomic E-state index is 12.3. The molecule has 1 aliphatic heterocycles. The normalized spacial score (nSPS) is 19.5. The molecule has 0 radical (unpaired) electrons. The quantitative estimate of drug-likeness (QED) is 0.892. The van der Waals surface area contributed by atoms with Gasteiger partial charge in [-0.05, 0) is 23.6 Å². The van der Waals surface area contributed by atoms with E-state index in [0.717, 1.165) is 11.3 Å². The molecule has 0 aromatic heterocycles.